The maximum absolute atomic E-state index is 6.57. The Morgan fingerprint density at radius 1 is 1.00 bits per heavy atom. The summed E-state index contributed by atoms with van der Waals surface area (Å²) >= 11 is 19.0. The van der Waals surface area contributed by atoms with Gasteiger partial charge in [0.1, 0.15) is 6.04 Å². The predicted octanol–water partition coefficient (Wildman–Crippen LogP) is 6.65. The Morgan fingerprint density at radius 3 is 2.52 bits per heavy atom. The molecule has 0 spiro atoms. The summed E-state index contributed by atoms with van der Waals surface area (Å²) in [5, 5.41) is 18.1. The van der Waals surface area contributed by atoms with Crippen molar-refractivity contribution >= 4 is 40.5 Å². The molecule has 1 fully saturated rings. The van der Waals surface area contributed by atoms with Crippen LogP contribution in [0.5, 0.6) is 0 Å². The van der Waals surface area contributed by atoms with Gasteiger partial charge in [0.15, 0.2) is 5.82 Å². The van der Waals surface area contributed by atoms with E-state index in [-0.39, 0.29) is 6.04 Å². The lowest BCUT2D eigenvalue weighted by atomic mass is 9.95. The summed E-state index contributed by atoms with van der Waals surface area (Å²) < 4.78 is 1.96. The largest absolute Gasteiger partial charge is 0.371 e. The van der Waals surface area contributed by atoms with E-state index in [2.05, 4.69) is 20.8 Å². The van der Waals surface area contributed by atoms with Crippen LogP contribution in [0.25, 0.3) is 0 Å². The third-order valence-electron chi connectivity index (χ3n) is 5.45. The molecule has 0 aliphatic heterocycles. The lowest BCUT2D eigenvalue weighted by Gasteiger charge is -2.26. The number of hydrogen-bond acceptors (Lipinski definition) is 4. The molecular formula is C21H22Cl3N5. The first-order valence-corrected chi connectivity index (χ1v) is 10.9. The lowest BCUT2D eigenvalue weighted by Crippen LogP contribution is -2.23. The average molecular weight is 451 g/mol. The first kappa shape index (κ1) is 20.5. The fourth-order valence-electron chi connectivity index (χ4n) is 3.84. The Hall–Kier alpha value is -1.82. The smallest absolute Gasteiger partial charge is 0.178 e. The Morgan fingerprint density at radius 2 is 1.79 bits per heavy atom. The van der Waals surface area contributed by atoms with Crippen LogP contribution in [-0.4, -0.2) is 20.2 Å². The summed E-state index contributed by atoms with van der Waals surface area (Å²) in [7, 11) is 0. The van der Waals surface area contributed by atoms with E-state index in [1.807, 2.05) is 41.9 Å². The van der Waals surface area contributed by atoms with Crippen molar-refractivity contribution in [2.45, 2.75) is 51.1 Å². The fourth-order valence-corrected chi connectivity index (χ4v) is 4.54. The standard InChI is InChI=1S/C21H22Cl3N5/c1-13-7-9-15(12-18(13)23)25-20(17-10-8-14(22)11-19(17)24)21-26-27-28-29(21)16-5-3-2-4-6-16/h7-12,16,20,25H,2-6H2,1H3/t20-/m0/s1. The second-order valence-corrected chi connectivity index (χ2v) is 8.73. The van der Waals surface area contributed by atoms with Crippen molar-refractivity contribution in [3.63, 3.8) is 0 Å². The van der Waals surface area contributed by atoms with Crippen LogP contribution < -0.4 is 5.32 Å². The molecule has 0 unspecified atom stereocenters. The predicted molar refractivity (Wildman–Crippen MR) is 118 cm³/mol. The van der Waals surface area contributed by atoms with E-state index in [1.54, 1.807) is 6.07 Å². The van der Waals surface area contributed by atoms with Gasteiger partial charge in [-0.05, 0) is 60.0 Å². The number of halogens is 3. The van der Waals surface area contributed by atoms with Crippen LogP contribution >= 0.6 is 34.8 Å². The van der Waals surface area contributed by atoms with Gasteiger partial charge in [-0.25, -0.2) is 4.68 Å². The average Bonchev–Trinajstić information content (AvgIpc) is 3.20. The topological polar surface area (TPSA) is 55.6 Å². The highest BCUT2D eigenvalue weighted by atomic mass is 35.5. The number of benzene rings is 2. The normalized spacial score (nSPS) is 16.0. The summed E-state index contributed by atoms with van der Waals surface area (Å²) in [4.78, 5) is 0. The lowest BCUT2D eigenvalue weighted by molar-refractivity contribution is 0.315. The van der Waals surface area contributed by atoms with Crippen molar-refractivity contribution < 1.29 is 0 Å². The van der Waals surface area contributed by atoms with Gasteiger partial charge in [-0.2, -0.15) is 0 Å². The highest BCUT2D eigenvalue weighted by molar-refractivity contribution is 6.35. The Bertz CT molecular complexity index is 998. The summed E-state index contributed by atoms with van der Waals surface area (Å²) in [6.07, 6.45) is 5.81. The van der Waals surface area contributed by atoms with Crippen molar-refractivity contribution in [3.05, 3.63) is 68.4 Å². The molecule has 3 aromatic rings. The van der Waals surface area contributed by atoms with Crippen molar-refractivity contribution in [1.82, 2.24) is 20.2 Å². The Labute approximate surface area is 185 Å². The number of tetrazole rings is 1. The van der Waals surface area contributed by atoms with Crippen LogP contribution in [0.1, 0.15) is 61.1 Å². The number of nitrogens with one attached hydrogen (secondary N) is 1. The van der Waals surface area contributed by atoms with Crippen LogP contribution in [0, 0.1) is 6.92 Å². The third-order valence-corrected chi connectivity index (χ3v) is 6.42. The summed E-state index contributed by atoms with van der Waals surface area (Å²) in [6.45, 7) is 1.98. The van der Waals surface area contributed by atoms with Crippen LogP contribution in [0.15, 0.2) is 36.4 Å². The molecule has 29 heavy (non-hydrogen) atoms. The number of hydrogen-bond donors (Lipinski definition) is 1. The van der Waals surface area contributed by atoms with E-state index < -0.39 is 0 Å². The molecule has 1 aliphatic carbocycles. The van der Waals surface area contributed by atoms with Crippen molar-refractivity contribution in [2.24, 2.45) is 0 Å². The fraction of sp³-hybridized carbons (Fsp3) is 0.381. The van der Waals surface area contributed by atoms with E-state index in [9.17, 15) is 0 Å². The number of anilines is 1. The van der Waals surface area contributed by atoms with E-state index >= 15 is 0 Å². The molecule has 4 rings (SSSR count). The van der Waals surface area contributed by atoms with Crippen LogP contribution in [0.4, 0.5) is 5.69 Å². The molecule has 1 aromatic heterocycles. The minimum Gasteiger partial charge on any atom is -0.371 e. The molecule has 1 heterocycles. The zero-order valence-electron chi connectivity index (χ0n) is 16.1. The van der Waals surface area contributed by atoms with Crippen LogP contribution in [0.2, 0.25) is 15.1 Å². The number of rotatable bonds is 5. The first-order chi connectivity index (χ1) is 14.0. The molecule has 1 N–H and O–H groups in total. The van der Waals surface area contributed by atoms with Gasteiger partial charge in [0.05, 0.1) is 6.04 Å². The van der Waals surface area contributed by atoms with Gasteiger partial charge < -0.3 is 5.32 Å². The van der Waals surface area contributed by atoms with Gasteiger partial charge in [0.25, 0.3) is 0 Å². The van der Waals surface area contributed by atoms with E-state index in [4.69, 9.17) is 34.8 Å². The maximum atomic E-state index is 6.57. The molecular weight excluding hydrogens is 429 g/mol. The second kappa shape index (κ2) is 8.90. The molecule has 0 amide bonds. The quantitative estimate of drug-likeness (QED) is 0.473. The van der Waals surface area contributed by atoms with E-state index in [0.29, 0.717) is 21.1 Å². The maximum Gasteiger partial charge on any atom is 0.178 e. The zero-order chi connectivity index (χ0) is 20.4. The second-order valence-electron chi connectivity index (χ2n) is 7.48. The Kier molecular flexibility index (Phi) is 6.28. The van der Waals surface area contributed by atoms with Gasteiger partial charge in [0, 0.05) is 26.3 Å². The van der Waals surface area contributed by atoms with Gasteiger partial charge in [-0.1, -0.05) is 66.2 Å². The highest BCUT2D eigenvalue weighted by Crippen LogP contribution is 2.36. The molecule has 2 aromatic carbocycles. The van der Waals surface area contributed by atoms with Crippen molar-refractivity contribution in [2.75, 3.05) is 5.32 Å². The molecule has 152 valence electrons. The minimum atomic E-state index is -0.338. The number of nitrogens with zero attached hydrogens (tertiary/aromatic N) is 4. The van der Waals surface area contributed by atoms with Gasteiger partial charge in [0.2, 0.25) is 0 Å². The molecule has 1 saturated carbocycles. The summed E-state index contributed by atoms with van der Waals surface area (Å²) in [5.41, 5.74) is 2.75. The van der Waals surface area contributed by atoms with Gasteiger partial charge in [-0.15, -0.1) is 5.10 Å². The zero-order valence-corrected chi connectivity index (χ0v) is 18.3. The molecule has 1 atom stereocenters. The molecule has 0 bridgehead atoms. The van der Waals surface area contributed by atoms with Crippen molar-refractivity contribution in [1.29, 1.82) is 0 Å². The molecule has 1 aliphatic rings. The van der Waals surface area contributed by atoms with E-state index in [1.165, 1.54) is 19.3 Å². The third kappa shape index (κ3) is 4.52. The summed E-state index contributed by atoms with van der Waals surface area (Å²) in [6, 6.07) is 11.3. The highest BCUT2D eigenvalue weighted by Gasteiger charge is 2.28. The summed E-state index contributed by atoms with van der Waals surface area (Å²) in [5.74, 6) is 0.734. The number of aryl methyl sites for hydroxylation is 1. The van der Waals surface area contributed by atoms with E-state index in [0.717, 1.165) is 35.5 Å². The van der Waals surface area contributed by atoms with Gasteiger partial charge >= 0.3 is 0 Å². The van der Waals surface area contributed by atoms with Gasteiger partial charge in [-0.3, -0.25) is 0 Å². The molecule has 0 radical (unpaired) electrons. The molecule has 5 nitrogen and oxygen atoms in total. The Balaban J connectivity index is 1.76. The molecule has 0 saturated heterocycles. The van der Waals surface area contributed by atoms with Crippen molar-refractivity contribution in [3.8, 4) is 0 Å². The van der Waals surface area contributed by atoms with Crippen LogP contribution in [0.3, 0.4) is 0 Å². The first-order valence-electron chi connectivity index (χ1n) is 9.78. The van der Waals surface area contributed by atoms with Crippen LogP contribution in [-0.2, 0) is 0 Å². The monoisotopic (exact) mass is 449 g/mol. The molecule has 8 heteroatoms. The number of aromatic nitrogens is 4. The SMILES string of the molecule is Cc1ccc(N[C@@H](c2ccc(Cl)cc2Cl)c2nnnn2C2CCCCC2)cc1Cl. The minimum absolute atomic E-state index is 0.297.